The molecule has 2 aromatic rings. The van der Waals surface area contributed by atoms with Crippen molar-refractivity contribution in [3.05, 3.63) is 45.9 Å². The molecule has 1 aliphatic rings. The second-order valence-electron chi connectivity index (χ2n) is 5.68. The maximum absolute atomic E-state index is 12.4. The number of anilines is 1. The van der Waals surface area contributed by atoms with Crippen molar-refractivity contribution in [1.82, 2.24) is 9.88 Å². The molecule has 1 amide bonds. The molecule has 1 aliphatic heterocycles. The number of amides is 1. The molecule has 0 aliphatic carbocycles. The van der Waals surface area contributed by atoms with Crippen molar-refractivity contribution in [1.29, 1.82) is 0 Å². The predicted molar refractivity (Wildman–Crippen MR) is 91.0 cm³/mol. The van der Waals surface area contributed by atoms with Crippen LogP contribution in [-0.2, 0) is 6.54 Å². The maximum Gasteiger partial charge on any atom is 0.267 e. The van der Waals surface area contributed by atoms with Crippen molar-refractivity contribution >= 4 is 28.7 Å². The van der Waals surface area contributed by atoms with Crippen LogP contribution in [0.2, 0.25) is 0 Å². The van der Waals surface area contributed by atoms with E-state index in [2.05, 4.69) is 15.2 Å². The number of nitrogens with one attached hydrogen (secondary N) is 1. The van der Waals surface area contributed by atoms with Crippen LogP contribution in [0.25, 0.3) is 0 Å². The molecule has 1 N–H and O–H groups in total. The van der Waals surface area contributed by atoms with E-state index in [0.717, 1.165) is 42.2 Å². The fourth-order valence-corrected chi connectivity index (χ4v) is 3.39. The van der Waals surface area contributed by atoms with Crippen molar-refractivity contribution in [3.63, 3.8) is 0 Å². The number of hydrogen-bond donors (Lipinski definition) is 1. The van der Waals surface area contributed by atoms with Gasteiger partial charge in [0.15, 0.2) is 10.8 Å². The van der Waals surface area contributed by atoms with Gasteiger partial charge in [0.05, 0.1) is 6.20 Å². The van der Waals surface area contributed by atoms with Gasteiger partial charge < -0.3 is 5.32 Å². The molecule has 1 fully saturated rings. The van der Waals surface area contributed by atoms with Crippen molar-refractivity contribution in [2.24, 2.45) is 0 Å². The number of ketones is 1. The van der Waals surface area contributed by atoms with E-state index in [1.807, 2.05) is 24.3 Å². The number of hydrogen-bond acceptors (Lipinski definition) is 5. The minimum atomic E-state index is -0.219. The van der Waals surface area contributed by atoms with E-state index < -0.39 is 0 Å². The van der Waals surface area contributed by atoms with Crippen LogP contribution in [0, 0.1) is 0 Å². The molecule has 1 aromatic carbocycles. The van der Waals surface area contributed by atoms with Crippen molar-refractivity contribution in [2.45, 2.75) is 26.3 Å². The minimum Gasteiger partial charge on any atom is -0.321 e. The van der Waals surface area contributed by atoms with E-state index in [4.69, 9.17) is 0 Å². The Morgan fingerprint density at radius 1 is 1.26 bits per heavy atom. The van der Waals surface area contributed by atoms with Gasteiger partial charge in [-0.25, -0.2) is 4.98 Å². The molecule has 1 aromatic heterocycles. The number of thiazole rings is 1. The second kappa shape index (κ2) is 7.02. The van der Waals surface area contributed by atoms with Crippen LogP contribution in [0.15, 0.2) is 30.5 Å². The highest BCUT2D eigenvalue weighted by Gasteiger charge is 2.16. The van der Waals surface area contributed by atoms with Gasteiger partial charge in [-0.3, -0.25) is 14.5 Å². The summed E-state index contributed by atoms with van der Waals surface area (Å²) in [6.45, 7) is 4.52. The lowest BCUT2D eigenvalue weighted by molar-refractivity contribution is 0.101. The van der Waals surface area contributed by atoms with Crippen LogP contribution >= 0.6 is 11.3 Å². The molecule has 0 radical (unpaired) electrons. The molecule has 23 heavy (non-hydrogen) atoms. The quantitative estimate of drug-likeness (QED) is 0.856. The number of rotatable bonds is 5. The van der Waals surface area contributed by atoms with E-state index in [0.29, 0.717) is 9.88 Å². The van der Waals surface area contributed by atoms with Crippen LogP contribution in [0.1, 0.15) is 44.8 Å². The molecular formula is C17H19N3O2S. The fraction of sp³-hybridized carbons (Fsp3) is 0.353. The van der Waals surface area contributed by atoms with E-state index in [1.165, 1.54) is 26.0 Å². The molecule has 6 heteroatoms. The highest BCUT2D eigenvalue weighted by Crippen LogP contribution is 2.22. The lowest BCUT2D eigenvalue weighted by Crippen LogP contribution is -2.20. The summed E-state index contributed by atoms with van der Waals surface area (Å²) in [6.07, 6.45) is 3.94. The van der Waals surface area contributed by atoms with Gasteiger partial charge in [0, 0.05) is 19.2 Å². The summed E-state index contributed by atoms with van der Waals surface area (Å²) in [5.74, 6) is -0.340. The number of aromatic nitrogens is 1. The van der Waals surface area contributed by atoms with Crippen LogP contribution in [0.5, 0.6) is 0 Å². The minimum absolute atomic E-state index is 0.122. The first-order chi connectivity index (χ1) is 11.1. The standard InChI is InChI=1S/C17H19N3O2S/c1-12(21)17-18-10-15(23-17)16(22)19-14-7-3-2-6-13(14)11-20-8-4-5-9-20/h2-3,6-7,10H,4-5,8-9,11H2,1H3,(H,19,22). The maximum atomic E-state index is 12.4. The monoisotopic (exact) mass is 329 g/mol. The van der Waals surface area contributed by atoms with Crippen molar-refractivity contribution < 1.29 is 9.59 Å². The average molecular weight is 329 g/mol. The summed E-state index contributed by atoms with van der Waals surface area (Å²) in [4.78, 5) is 30.5. The first-order valence-corrected chi connectivity index (χ1v) is 8.53. The Morgan fingerprint density at radius 2 is 2.00 bits per heavy atom. The third kappa shape index (κ3) is 3.83. The van der Waals surface area contributed by atoms with Gasteiger partial charge in [-0.2, -0.15) is 0 Å². The zero-order valence-corrected chi connectivity index (χ0v) is 13.9. The topological polar surface area (TPSA) is 62.3 Å². The average Bonchev–Trinajstić information content (AvgIpc) is 3.20. The zero-order chi connectivity index (χ0) is 16.2. The summed E-state index contributed by atoms with van der Waals surface area (Å²) in [6, 6.07) is 7.86. The van der Waals surface area contributed by atoms with Crippen LogP contribution in [-0.4, -0.2) is 34.7 Å². The van der Waals surface area contributed by atoms with E-state index in [1.54, 1.807) is 0 Å². The summed E-state index contributed by atoms with van der Waals surface area (Å²) in [5, 5.41) is 3.31. The highest BCUT2D eigenvalue weighted by molar-refractivity contribution is 7.15. The summed E-state index contributed by atoms with van der Waals surface area (Å²) < 4.78 is 0. The predicted octanol–water partition coefficient (Wildman–Crippen LogP) is 3.19. The highest BCUT2D eigenvalue weighted by atomic mass is 32.1. The van der Waals surface area contributed by atoms with Crippen LogP contribution in [0.4, 0.5) is 5.69 Å². The SMILES string of the molecule is CC(=O)c1ncc(C(=O)Nc2ccccc2CN2CCCC2)s1. The van der Waals surface area contributed by atoms with Crippen molar-refractivity contribution in [2.75, 3.05) is 18.4 Å². The summed E-state index contributed by atoms with van der Waals surface area (Å²) in [7, 11) is 0. The third-order valence-corrected chi connectivity index (χ3v) is 4.99. The molecule has 0 spiro atoms. The summed E-state index contributed by atoms with van der Waals surface area (Å²) in [5.41, 5.74) is 1.93. The molecule has 0 atom stereocenters. The first-order valence-electron chi connectivity index (χ1n) is 7.72. The van der Waals surface area contributed by atoms with E-state index >= 15 is 0 Å². The van der Waals surface area contributed by atoms with E-state index in [9.17, 15) is 9.59 Å². The Labute approximate surface area is 139 Å². The smallest absolute Gasteiger partial charge is 0.267 e. The Kier molecular flexibility index (Phi) is 4.83. The largest absolute Gasteiger partial charge is 0.321 e. The number of para-hydroxylation sites is 1. The van der Waals surface area contributed by atoms with Gasteiger partial charge in [0.2, 0.25) is 0 Å². The molecule has 2 heterocycles. The number of carbonyl (C=O) groups excluding carboxylic acids is 2. The number of carbonyl (C=O) groups is 2. The molecule has 0 bridgehead atoms. The Bertz CT molecular complexity index is 720. The summed E-state index contributed by atoms with van der Waals surface area (Å²) >= 11 is 1.12. The van der Waals surface area contributed by atoms with Crippen molar-refractivity contribution in [3.8, 4) is 0 Å². The van der Waals surface area contributed by atoms with Gasteiger partial charge in [-0.05, 0) is 37.6 Å². The van der Waals surface area contributed by atoms with E-state index in [-0.39, 0.29) is 11.7 Å². The lowest BCUT2D eigenvalue weighted by atomic mass is 10.1. The fourth-order valence-electron chi connectivity index (χ4n) is 2.69. The number of benzene rings is 1. The third-order valence-electron chi connectivity index (χ3n) is 3.89. The number of Topliss-reactive ketones (excluding diaryl/α,β-unsaturated/α-hetero) is 1. The number of likely N-dealkylation sites (tertiary alicyclic amines) is 1. The zero-order valence-electron chi connectivity index (χ0n) is 13.0. The molecule has 5 nitrogen and oxygen atoms in total. The Hall–Kier alpha value is -2.05. The van der Waals surface area contributed by atoms with Gasteiger partial charge >= 0.3 is 0 Å². The number of nitrogens with zero attached hydrogens (tertiary/aromatic N) is 2. The Morgan fingerprint density at radius 3 is 2.70 bits per heavy atom. The lowest BCUT2D eigenvalue weighted by Gasteiger charge is -2.17. The van der Waals surface area contributed by atoms with Crippen LogP contribution in [0.3, 0.4) is 0 Å². The Balaban J connectivity index is 1.73. The second-order valence-corrected chi connectivity index (χ2v) is 6.71. The molecular weight excluding hydrogens is 310 g/mol. The molecule has 1 saturated heterocycles. The molecule has 3 rings (SSSR count). The molecule has 0 unspecified atom stereocenters. The van der Waals surface area contributed by atoms with Crippen LogP contribution < -0.4 is 5.32 Å². The normalized spacial score (nSPS) is 14.8. The van der Waals surface area contributed by atoms with Gasteiger partial charge in [0.25, 0.3) is 5.91 Å². The van der Waals surface area contributed by atoms with Gasteiger partial charge in [-0.1, -0.05) is 18.2 Å². The van der Waals surface area contributed by atoms with Gasteiger partial charge in [-0.15, -0.1) is 11.3 Å². The molecule has 0 saturated carbocycles. The molecule has 120 valence electrons. The van der Waals surface area contributed by atoms with Gasteiger partial charge in [0.1, 0.15) is 4.88 Å². The first kappa shape index (κ1) is 15.8.